The predicted molar refractivity (Wildman–Crippen MR) is 57.8 cm³/mol. The molecule has 0 aliphatic rings. The van der Waals surface area contributed by atoms with Crippen molar-refractivity contribution in [2.75, 3.05) is 6.61 Å². The molecule has 0 N–H and O–H groups in total. The van der Waals surface area contributed by atoms with Gasteiger partial charge in [-0.2, -0.15) is 0 Å². The first-order chi connectivity index (χ1) is 6.69. The summed E-state index contributed by atoms with van der Waals surface area (Å²) in [4.78, 5) is 4.16. The van der Waals surface area contributed by atoms with Gasteiger partial charge < -0.3 is 9.15 Å². The Kier molecular flexibility index (Phi) is 6.89. The highest BCUT2D eigenvalue weighted by Crippen LogP contribution is 2.18. The molecule has 1 aromatic rings. The largest absolute Gasteiger partial charge is 0.464 e. The van der Waals surface area contributed by atoms with Crippen LogP contribution >= 0.6 is 0 Å². The first kappa shape index (κ1) is 13.0. The summed E-state index contributed by atoms with van der Waals surface area (Å²) in [5.41, 5.74) is 0.837. The van der Waals surface area contributed by atoms with E-state index >= 15 is 0 Å². The highest BCUT2D eigenvalue weighted by Gasteiger charge is 2.07. The Balaban J connectivity index is 0.000000500. The van der Waals surface area contributed by atoms with Crippen LogP contribution in [0.2, 0.25) is 0 Å². The molecule has 14 heavy (non-hydrogen) atoms. The normalized spacial score (nSPS) is 9.21. The number of hydrogen-bond donors (Lipinski definition) is 0. The first-order valence-corrected chi connectivity index (χ1v) is 5.28. The Morgan fingerprint density at radius 2 is 1.79 bits per heavy atom. The molecule has 0 atom stereocenters. The topological polar surface area (TPSA) is 35.3 Å². The third-order valence-electron chi connectivity index (χ3n) is 1.38. The van der Waals surface area contributed by atoms with Crippen molar-refractivity contribution in [3.8, 4) is 5.95 Å². The van der Waals surface area contributed by atoms with Crippen molar-refractivity contribution in [2.45, 2.75) is 47.5 Å². The molecule has 3 nitrogen and oxygen atoms in total. The summed E-state index contributed by atoms with van der Waals surface area (Å²) in [6.45, 7) is 10.7. The van der Waals surface area contributed by atoms with Crippen LogP contribution in [0.1, 0.15) is 45.7 Å². The van der Waals surface area contributed by atoms with Gasteiger partial charge in [-0.15, -0.1) is 0 Å². The SMILES string of the molecule is CCC.CCOc1oc(CC)nc1C. The van der Waals surface area contributed by atoms with Crippen molar-refractivity contribution in [2.24, 2.45) is 0 Å². The Morgan fingerprint density at radius 1 is 1.21 bits per heavy atom. The van der Waals surface area contributed by atoms with E-state index in [4.69, 9.17) is 9.15 Å². The molecular formula is C11H21NO2. The second-order valence-corrected chi connectivity index (χ2v) is 2.97. The van der Waals surface area contributed by atoms with Crippen molar-refractivity contribution >= 4 is 0 Å². The number of aryl methyl sites for hydroxylation is 2. The van der Waals surface area contributed by atoms with E-state index in [1.165, 1.54) is 6.42 Å². The number of ether oxygens (including phenoxy) is 1. The molecule has 0 bridgehead atoms. The summed E-state index contributed by atoms with van der Waals surface area (Å²) in [6, 6.07) is 0. The van der Waals surface area contributed by atoms with Gasteiger partial charge >= 0.3 is 5.95 Å². The molecule has 0 saturated heterocycles. The minimum atomic E-state index is 0.560. The molecule has 0 aliphatic carbocycles. The summed E-state index contributed by atoms with van der Waals surface area (Å²) in [5.74, 6) is 1.30. The molecular weight excluding hydrogens is 178 g/mol. The lowest BCUT2D eigenvalue weighted by Crippen LogP contribution is -1.90. The lowest BCUT2D eigenvalue weighted by Gasteiger charge is -1.95. The van der Waals surface area contributed by atoms with Crippen LogP contribution in [-0.2, 0) is 6.42 Å². The smallest absolute Gasteiger partial charge is 0.308 e. The van der Waals surface area contributed by atoms with Crippen LogP contribution in [0.5, 0.6) is 5.95 Å². The Labute approximate surface area is 86.5 Å². The van der Waals surface area contributed by atoms with Gasteiger partial charge in [0.05, 0.1) is 6.61 Å². The highest BCUT2D eigenvalue weighted by atomic mass is 16.6. The van der Waals surface area contributed by atoms with Crippen LogP contribution in [0.3, 0.4) is 0 Å². The van der Waals surface area contributed by atoms with Crippen LogP contribution < -0.4 is 4.74 Å². The molecule has 1 aromatic heterocycles. The fourth-order valence-electron chi connectivity index (χ4n) is 0.853. The van der Waals surface area contributed by atoms with E-state index in [9.17, 15) is 0 Å². The van der Waals surface area contributed by atoms with Crippen molar-refractivity contribution < 1.29 is 9.15 Å². The molecule has 82 valence electrons. The number of oxazole rings is 1. The second-order valence-electron chi connectivity index (χ2n) is 2.97. The number of rotatable bonds is 3. The minimum absolute atomic E-state index is 0.560. The molecule has 3 heteroatoms. The zero-order valence-corrected chi connectivity index (χ0v) is 9.89. The Morgan fingerprint density at radius 3 is 2.14 bits per heavy atom. The molecule has 1 heterocycles. The van der Waals surface area contributed by atoms with Gasteiger partial charge in [0.1, 0.15) is 5.69 Å². The molecule has 0 radical (unpaired) electrons. The first-order valence-electron chi connectivity index (χ1n) is 5.28. The lowest BCUT2D eigenvalue weighted by molar-refractivity contribution is 0.248. The van der Waals surface area contributed by atoms with Gasteiger partial charge in [-0.3, -0.25) is 0 Å². The molecule has 0 spiro atoms. The van der Waals surface area contributed by atoms with Crippen LogP contribution in [0.15, 0.2) is 4.42 Å². The Hall–Kier alpha value is -0.990. The minimum Gasteiger partial charge on any atom is -0.464 e. The molecule has 0 saturated carbocycles. The number of aromatic nitrogens is 1. The Bertz CT molecular complexity index is 243. The average Bonchev–Trinajstić information content (AvgIpc) is 2.49. The molecule has 0 amide bonds. The molecule has 0 fully saturated rings. The van der Waals surface area contributed by atoms with Gasteiger partial charge in [0.2, 0.25) is 0 Å². The van der Waals surface area contributed by atoms with E-state index in [0.29, 0.717) is 12.6 Å². The average molecular weight is 199 g/mol. The van der Waals surface area contributed by atoms with Gasteiger partial charge in [-0.1, -0.05) is 27.2 Å². The van der Waals surface area contributed by atoms with Crippen LogP contribution in [-0.4, -0.2) is 11.6 Å². The molecule has 0 unspecified atom stereocenters. The maximum absolute atomic E-state index is 5.27. The van der Waals surface area contributed by atoms with E-state index in [2.05, 4.69) is 18.8 Å². The number of nitrogens with zero attached hydrogens (tertiary/aromatic N) is 1. The molecule has 1 rings (SSSR count). The van der Waals surface area contributed by atoms with Crippen LogP contribution in [0, 0.1) is 6.92 Å². The summed E-state index contributed by atoms with van der Waals surface area (Å²) in [7, 11) is 0. The summed E-state index contributed by atoms with van der Waals surface area (Å²) >= 11 is 0. The predicted octanol–water partition coefficient (Wildman–Crippen LogP) is 3.36. The molecule has 0 aromatic carbocycles. The van der Waals surface area contributed by atoms with Crippen molar-refractivity contribution in [3.05, 3.63) is 11.6 Å². The van der Waals surface area contributed by atoms with Gasteiger partial charge in [0.15, 0.2) is 5.89 Å². The van der Waals surface area contributed by atoms with Gasteiger partial charge in [-0.25, -0.2) is 4.98 Å². The maximum atomic E-state index is 5.27. The van der Waals surface area contributed by atoms with Gasteiger partial charge in [-0.05, 0) is 13.8 Å². The van der Waals surface area contributed by atoms with E-state index < -0.39 is 0 Å². The maximum Gasteiger partial charge on any atom is 0.308 e. The van der Waals surface area contributed by atoms with E-state index in [1.54, 1.807) is 0 Å². The lowest BCUT2D eigenvalue weighted by atomic mass is 10.5. The standard InChI is InChI=1S/C8H13NO2.C3H8/c1-4-7-9-6(3)8(11-7)10-5-2;1-3-2/h4-5H2,1-3H3;3H2,1-2H3. The monoisotopic (exact) mass is 199 g/mol. The fourth-order valence-corrected chi connectivity index (χ4v) is 0.853. The zero-order chi connectivity index (χ0) is 11.0. The van der Waals surface area contributed by atoms with Crippen molar-refractivity contribution in [1.82, 2.24) is 4.98 Å². The van der Waals surface area contributed by atoms with Gasteiger partial charge in [0.25, 0.3) is 0 Å². The number of hydrogen-bond acceptors (Lipinski definition) is 3. The van der Waals surface area contributed by atoms with E-state index in [-0.39, 0.29) is 0 Å². The highest BCUT2D eigenvalue weighted by molar-refractivity contribution is 5.13. The van der Waals surface area contributed by atoms with Crippen LogP contribution in [0.25, 0.3) is 0 Å². The summed E-state index contributed by atoms with van der Waals surface area (Å²) in [5, 5.41) is 0. The van der Waals surface area contributed by atoms with E-state index in [0.717, 1.165) is 18.0 Å². The van der Waals surface area contributed by atoms with Gasteiger partial charge in [0, 0.05) is 6.42 Å². The van der Waals surface area contributed by atoms with Crippen molar-refractivity contribution in [1.29, 1.82) is 0 Å². The third kappa shape index (κ3) is 4.30. The summed E-state index contributed by atoms with van der Waals surface area (Å²) in [6.07, 6.45) is 2.06. The van der Waals surface area contributed by atoms with Crippen LogP contribution in [0.4, 0.5) is 0 Å². The van der Waals surface area contributed by atoms with Crippen molar-refractivity contribution in [3.63, 3.8) is 0 Å². The fraction of sp³-hybridized carbons (Fsp3) is 0.727. The molecule has 0 aliphatic heterocycles. The summed E-state index contributed by atoms with van der Waals surface area (Å²) < 4.78 is 10.5. The quantitative estimate of drug-likeness (QED) is 0.748. The van der Waals surface area contributed by atoms with E-state index in [1.807, 2.05) is 20.8 Å². The second kappa shape index (κ2) is 7.42. The zero-order valence-electron chi connectivity index (χ0n) is 9.89. The third-order valence-corrected chi connectivity index (χ3v) is 1.38.